The van der Waals surface area contributed by atoms with Gasteiger partial charge in [0.05, 0.1) is 0 Å². The van der Waals surface area contributed by atoms with Crippen molar-refractivity contribution in [2.24, 2.45) is 0 Å². The van der Waals surface area contributed by atoms with Gasteiger partial charge in [-0.15, -0.1) is 13.1 Å². The number of rotatable bonds is 0. The largest absolute Gasteiger partial charge is 2.00 e. The summed E-state index contributed by atoms with van der Waals surface area (Å²) in [4.78, 5) is 0. The molecular formula is C6H14ClN3Ti. The Hall–Kier alpha value is 0.884. The van der Waals surface area contributed by atoms with Crippen molar-refractivity contribution in [2.45, 2.75) is 0 Å². The first kappa shape index (κ1) is 14.4. The predicted molar refractivity (Wildman–Crippen MR) is 38.8 cm³/mol. The minimum Gasteiger partial charge on any atom is -1.00 e. The Balaban J connectivity index is 0. The number of nitrogens with one attached hydrogen (secondary N) is 2. The minimum atomic E-state index is 0. The molecule has 11 heavy (non-hydrogen) atoms. The van der Waals surface area contributed by atoms with Crippen molar-refractivity contribution in [3.8, 4) is 0 Å². The monoisotopic (exact) mass is 211 g/mol. The Morgan fingerprint density at radius 3 is 1.73 bits per heavy atom. The Morgan fingerprint density at radius 2 is 1.27 bits per heavy atom. The molecule has 0 amide bonds. The van der Waals surface area contributed by atoms with Crippen molar-refractivity contribution in [3.05, 3.63) is 5.32 Å². The first-order valence-corrected chi connectivity index (χ1v) is 3.55. The maximum absolute atomic E-state index is 4.27. The zero-order valence-corrected chi connectivity index (χ0v) is 8.89. The van der Waals surface area contributed by atoms with Crippen LogP contribution in [-0.2, 0) is 21.7 Å². The molecule has 3 nitrogen and oxygen atoms in total. The smallest absolute Gasteiger partial charge is 1.00 e. The third-order valence-electron chi connectivity index (χ3n) is 1.37. The number of hydrogen-bond acceptors (Lipinski definition) is 2. The van der Waals surface area contributed by atoms with Crippen LogP contribution in [0.25, 0.3) is 5.32 Å². The van der Waals surface area contributed by atoms with Crippen LogP contribution in [0.1, 0.15) is 0 Å². The average molecular weight is 212 g/mol. The van der Waals surface area contributed by atoms with Crippen molar-refractivity contribution in [2.75, 3.05) is 39.3 Å². The first-order valence-electron chi connectivity index (χ1n) is 3.55. The molecule has 1 aliphatic heterocycles. The van der Waals surface area contributed by atoms with Gasteiger partial charge >= 0.3 is 21.7 Å². The molecule has 0 bridgehead atoms. The summed E-state index contributed by atoms with van der Waals surface area (Å²) in [6.45, 7) is 6.19. The summed E-state index contributed by atoms with van der Waals surface area (Å²) < 4.78 is 0. The zero-order chi connectivity index (χ0) is 6.36. The Kier molecular flexibility index (Phi) is 14.3. The van der Waals surface area contributed by atoms with Crippen molar-refractivity contribution in [3.63, 3.8) is 0 Å². The van der Waals surface area contributed by atoms with Crippen LogP contribution in [0.4, 0.5) is 0 Å². The third-order valence-corrected chi connectivity index (χ3v) is 1.37. The van der Waals surface area contributed by atoms with E-state index in [0.717, 1.165) is 39.3 Å². The molecular weight excluding hydrogens is 197 g/mol. The van der Waals surface area contributed by atoms with Gasteiger partial charge in [-0.05, 0) is 13.1 Å². The fraction of sp³-hybridized carbons (Fsp3) is 1.00. The van der Waals surface area contributed by atoms with Crippen LogP contribution in [0.3, 0.4) is 0 Å². The van der Waals surface area contributed by atoms with Crippen LogP contribution < -0.4 is 23.0 Å². The quantitative estimate of drug-likeness (QED) is 0.409. The molecule has 0 unspecified atom stereocenters. The van der Waals surface area contributed by atoms with Crippen LogP contribution >= 0.6 is 0 Å². The SMILES string of the molecule is C1CNCCNCC[N-]1.[Cl-].[Ti+2]. The minimum absolute atomic E-state index is 0. The van der Waals surface area contributed by atoms with Gasteiger partial charge in [-0.25, -0.2) is 0 Å². The van der Waals surface area contributed by atoms with Gasteiger partial charge in [-0.3, -0.25) is 0 Å². The summed E-state index contributed by atoms with van der Waals surface area (Å²) in [5.41, 5.74) is 0. The maximum Gasteiger partial charge on any atom is 2.00 e. The van der Waals surface area contributed by atoms with Crippen LogP contribution in [0.2, 0.25) is 0 Å². The molecule has 1 saturated heterocycles. The fourth-order valence-electron chi connectivity index (χ4n) is 0.855. The summed E-state index contributed by atoms with van der Waals surface area (Å²) in [5.74, 6) is 0. The molecule has 0 spiro atoms. The molecule has 1 heterocycles. The second-order valence-electron chi connectivity index (χ2n) is 2.17. The molecule has 0 aromatic heterocycles. The predicted octanol–water partition coefficient (Wildman–Crippen LogP) is -3.45. The van der Waals surface area contributed by atoms with Gasteiger partial charge in [0.25, 0.3) is 0 Å². The summed E-state index contributed by atoms with van der Waals surface area (Å²) in [6, 6.07) is 0. The molecule has 1 aliphatic rings. The molecule has 0 radical (unpaired) electrons. The molecule has 5 heteroatoms. The van der Waals surface area contributed by atoms with E-state index in [0.29, 0.717) is 0 Å². The van der Waals surface area contributed by atoms with Crippen LogP contribution in [0, 0.1) is 0 Å². The van der Waals surface area contributed by atoms with E-state index in [-0.39, 0.29) is 34.1 Å². The number of hydrogen-bond donors (Lipinski definition) is 2. The van der Waals surface area contributed by atoms with Crippen LogP contribution in [0.5, 0.6) is 0 Å². The van der Waals surface area contributed by atoms with E-state index in [2.05, 4.69) is 16.0 Å². The van der Waals surface area contributed by atoms with Gasteiger partial charge < -0.3 is 28.4 Å². The van der Waals surface area contributed by atoms with E-state index in [1.54, 1.807) is 0 Å². The van der Waals surface area contributed by atoms with Crippen molar-refractivity contribution < 1.29 is 34.1 Å². The van der Waals surface area contributed by atoms with Crippen molar-refractivity contribution in [1.82, 2.24) is 10.6 Å². The second-order valence-corrected chi connectivity index (χ2v) is 2.17. The molecule has 0 aromatic carbocycles. The van der Waals surface area contributed by atoms with E-state index < -0.39 is 0 Å². The molecule has 0 aliphatic carbocycles. The molecule has 0 aromatic rings. The zero-order valence-electron chi connectivity index (χ0n) is 6.57. The van der Waals surface area contributed by atoms with Gasteiger partial charge in [0.15, 0.2) is 0 Å². The van der Waals surface area contributed by atoms with E-state index in [4.69, 9.17) is 0 Å². The Bertz CT molecular complexity index is 46.3. The van der Waals surface area contributed by atoms with E-state index in [1.807, 2.05) is 0 Å². The second kappa shape index (κ2) is 10.9. The normalized spacial score (nSPS) is 19.6. The Morgan fingerprint density at radius 1 is 0.818 bits per heavy atom. The van der Waals surface area contributed by atoms with Crippen molar-refractivity contribution in [1.29, 1.82) is 0 Å². The van der Waals surface area contributed by atoms with E-state index in [1.165, 1.54) is 0 Å². The molecule has 0 atom stereocenters. The summed E-state index contributed by atoms with van der Waals surface area (Å²) >= 11 is 0. The summed E-state index contributed by atoms with van der Waals surface area (Å²) in [5, 5.41) is 10.8. The van der Waals surface area contributed by atoms with E-state index in [9.17, 15) is 0 Å². The summed E-state index contributed by atoms with van der Waals surface area (Å²) in [6.07, 6.45) is 0. The number of halogens is 1. The standard InChI is InChI=1S/C6H14N3.ClH.Ti/c1-2-8-5-6-9-4-3-7-1;;/h7-8H,1-6H2;1H;/q-1;;+2/p-1. The van der Waals surface area contributed by atoms with Gasteiger partial charge in [-0.2, -0.15) is 0 Å². The molecule has 1 rings (SSSR count). The maximum atomic E-state index is 4.27. The van der Waals surface area contributed by atoms with Gasteiger partial charge in [0.1, 0.15) is 0 Å². The molecule has 64 valence electrons. The average Bonchev–Trinajstić information content (AvgIpc) is 2.00. The molecule has 1 fully saturated rings. The van der Waals surface area contributed by atoms with Gasteiger partial charge in [0.2, 0.25) is 0 Å². The van der Waals surface area contributed by atoms with Crippen molar-refractivity contribution >= 4 is 0 Å². The third kappa shape index (κ3) is 8.79. The molecule has 2 N–H and O–H groups in total. The van der Waals surface area contributed by atoms with Gasteiger partial charge in [-0.1, -0.05) is 0 Å². The molecule has 0 saturated carbocycles. The first-order chi connectivity index (χ1) is 4.50. The topological polar surface area (TPSA) is 38.2 Å². The summed E-state index contributed by atoms with van der Waals surface area (Å²) in [7, 11) is 0. The number of nitrogens with zero attached hydrogens (tertiary/aromatic N) is 1. The van der Waals surface area contributed by atoms with Gasteiger partial charge in [0, 0.05) is 13.1 Å². The van der Waals surface area contributed by atoms with Crippen LogP contribution in [-0.4, -0.2) is 39.3 Å². The van der Waals surface area contributed by atoms with E-state index >= 15 is 0 Å². The fourth-order valence-corrected chi connectivity index (χ4v) is 0.855. The Labute approximate surface area is 89.4 Å². The van der Waals surface area contributed by atoms with Crippen LogP contribution in [0.15, 0.2) is 0 Å².